The summed E-state index contributed by atoms with van der Waals surface area (Å²) in [6.07, 6.45) is 0. The number of hydrogen-bond donors (Lipinski definition) is 1. The van der Waals surface area contributed by atoms with Crippen LogP contribution in [0.3, 0.4) is 0 Å². The molecule has 0 spiro atoms. The maximum absolute atomic E-state index is 8.81. The van der Waals surface area contributed by atoms with Gasteiger partial charge in [-0.05, 0) is 49.2 Å². The molecule has 0 heterocycles. The lowest BCUT2D eigenvalue weighted by atomic mass is 10.1. The molecule has 0 amide bonds. The van der Waals surface area contributed by atoms with Gasteiger partial charge in [-0.1, -0.05) is 12.1 Å². The topological polar surface area (TPSA) is 59.0 Å². The third-order valence-electron chi connectivity index (χ3n) is 2.81. The summed E-state index contributed by atoms with van der Waals surface area (Å²) in [6.45, 7) is 3.84. The van der Waals surface area contributed by atoms with Gasteiger partial charge in [-0.2, -0.15) is 5.26 Å². The maximum Gasteiger partial charge on any atom is 0.150 e. The number of ether oxygens (including phenoxy) is 1. The number of nitrogens with two attached hydrogens (primary N) is 1. The number of anilines is 1. The highest BCUT2D eigenvalue weighted by molar-refractivity contribution is 5.59. The summed E-state index contributed by atoms with van der Waals surface area (Å²) < 4.78 is 5.79. The average molecular weight is 238 g/mol. The Balaban J connectivity index is 2.35. The Labute approximate surface area is 106 Å². The van der Waals surface area contributed by atoms with Gasteiger partial charge >= 0.3 is 0 Å². The first-order valence-electron chi connectivity index (χ1n) is 5.65. The van der Waals surface area contributed by atoms with Crippen LogP contribution >= 0.6 is 0 Å². The standard InChI is InChI=1S/C15H14N2O/c1-10-4-3-5-14(15(10)17)18-13-7-6-12(9-16)8-11(13)2/h3-8H,17H2,1-2H3. The van der Waals surface area contributed by atoms with E-state index in [1.165, 1.54) is 0 Å². The molecule has 2 aromatic carbocycles. The fraction of sp³-hybridized carbons (Fsp3) is 0.133. The average Bonchev–Trinajstić information content (AvgIpc) is 2.37. The quantitative estimate of drug-likeness (QED) is 0.814. The molecular formula is C15H14N2O. The van der Waals surface area contributed by atoms with Crippen molar-refractivity contribution in [2.45, 2.75) is 13.8 Å². The van der Waals surface area contributed by atoms with Crippen LogP contribution in [0.5, 0.6) is 11.5 Å². The van der Waals surface area contributed by atoms with Gasteiger partial charge in [-0.15, -0.1) is 0 Å². The highest BCUT2D eigenvalue weighted by atomic mass is 16.5. The molecule has 2 rings (SSSR count). The van der Waals surface area contributed by atoms with E-state index in [4.69, 9.17) is 15.7 Å². The lowest BCUT2D eigenvalue weighted by Gasteiger charge is -2.12. The van der Waals surface area contributed by atoms with Gasteiger partial charge in [0.15, 0.2) is 5.75 Å². The van der Waals surface area contributed by atoms with E-state index in [0.717, 1.165) is 11.1 Å². The summed E-state index contributed by atoms with van der Waals surface area (Å²) in [4.78, 5) is 0. The van der Waals surface area contributed by atoms with E-state index in [2.05, 4.69) is 6.07 Å². The van der Waals surface area contributed by atoms with Crippen molar-refractivity contribution in [3.8, 4) is 17.6 Å². The largest absolute Gasteiger partial charge is 0.455 e. The van der Waals surface area contributed by atoms with Crippen LogP contribution in [0.25, 0.3) is 0 Å². The van der Waals surface area contributed by atoms with Crippen LogP contribution in [0.1, 0.15) is 16.7 Å². The minimum atomic E-state index is 0.622. The third kappa shape index (κ3) is 2.28. The Hall–Kier alpha value is -2.47. The number of hydrogen-bond acceptors (Lipinski definition) is 3. The van der Waals surface area contributed by atoms with Gasteiger partial charge in [0.25, 0.3) is 0 Å². The predicted octanol–water partition coefficient (Wildman–Crippen LogP) is 3.55. The molecule has 0 bridgehead atoms. The van der Waals surface area contributed by atoms with E-state index in [1.807, 2.05) is 32.0 Å². The summed E-state index contributed by atoms with van der Waals surface area (Å²) in [5.41, 5.74) is 9.12. The van der Waals surface area contributed by atoms with Gasteiger partial charge in [-0.25, -0.2) is 0 Å². The maximum atomic E-state index is 8.81. The van der Waals surface area contributed by atoms with Crippen molar-refractivity contribution in [1.29, 1.82) is 5.26 Å². The Kier molecular flexibility index (Phi) is 3.20. The van der Waals surface area contributed by atoms with Gasteiger partial charge in [0.1, 0.15) is 5.75 Å². The molecule has 0 saturated heterocycles. The van der Waals surface area contributed by atoms with Crippen LogP contribution in [0.15, 0.2) is 36.4 Å². The van der Waals surface area contributed by atoms with Crippen LogP contribution in [0.2, 0.25) is 0 Å². The number of rotatable bonds is 2. The molecule has 0 aromatic heterocycles. The van der Waals surface area contributed by atoms with Gasteiger partial charge in [0.05, 0.1) is 17.3 Å². The first-order chi connectivity index (χ1) is 8.61. The normalized spacial score (nSPS) is 9.83. The van der Waals surface area contributed by atoms with Crippen molar-refractivity contribution in [2.24, 2.45) is 0 Å². The minimum absolute atomic E-state index is 0.622. The van der Waals surface area contributed by atoms with Gasteiger partial charge < -0.3 is 10.5 Å². The monoisotopic (exact) mass is 238 g/mol. The Morgan fingerprint density at radius 1 is 1.06 bits per heavy atom. The summed E-state index contributed by atoms with van der Waals surface area (Å²) in [5.74, 6) is 1.36. The Bertz CT molecular complexity index is 627. The van der Waals surface area contributed by atoms with E-state index < -0.39 is 0 Å². The van der Waals surface area contributed by atoms with Crippen LogP contribution in [0.4, 0.5) is 5.69 Å². The second-order valence-electron chi connectivity index (χ2n) is 4.18. The molecule has 0 aliphatic rings. The number of nitrogens with zero attached hydrogens (tertiary/aromatic N) is 1. The first-order valence-corrected chi connectivity index (χ1v) is 5.65. The molecule has 0 aliphatic heterocycles. The lowest BCUT2D eigenvalue weighted by molar-refractivity contribution is 0.481. The zero-order valence-electron chi connectivity index (χ0n) is 10.4. The molecule has 18 heavy (non-hydrogen) atoms. The fourth-order valence-corrected chi connectivity index (χ4v) is 1.69. The van der Waals surface area contributed by atoms with E-state index in [1.54, 1.807) is 18.2 Å². The van der Waals surface area contributed by atoms with Crippen molar-refractivity contribution < 1.29 is 4.74 Å². The van der Waals surface area contributed by atoms with Crippen molar-refractivity contribution in [3.05, 3.63) is 53.1 Å². The van der Waals surface area contributed by atoms with Crippen molar-refractivity contribution in [1.82, 2.24) is 0 Å². The van der Waals surface area contributed by atoms with Gasteiger partial charge in [0.2, 0.25) is 0 Å². The Morgan fingerprint density at radius 2 is 1.83 bits per heavy atom. The van der Waals surface area contributed by atoms with Crippen LogP contribution in [0, 0.1) is 25.2 Å². The molecule has 0 fully saturated rings. The zero-order chi connectivity index (χ0) is 13.1. The highest BCUT2D eigenvalue weighted by Crippen LogP contribution is 2.31. The van der Waals surface area contributed by atoms with Crippen molar-refractivity contribution >= 4 is 5.69 Å². The summed E-state index contributed by atoms with van der Waals surface area (Å²) in [7, 11) is 0. The summed E-state index contributed by atoms with van der Waals surface area (Å²) >= 11 is 0. The van der Waals surface area contributed by atoms with Crippen LogP contribution < -0.4 is 10.5 Å². The predicted molar refractivity (Wildman–Crippen MR) is 71.6 cm³/mol. The number of para-hydroxylation sites is 1. The number of aryl methyl sites for hydroxylation is 2. The molecule has 90 valence electrons. The van der Waals surface area contributed by atoms with Gasteiger partial charge in [0, 0.05) is 0 Å². The molecule has 0 saturated carbocycles. The van der Waals surface area contributed by atoms with E-state index in [9.17, 15) is 0 Å². The molecule has 3 heteroatoms. The number of nitriles is 1. The SMILES string of the molecule is Cc1cc(C#N)ccc1Oc1cccc(C)c1N. The van der Waals surface area contributed by atoms with Crippen molar-refractivity contribution in [3.63, 3.8) is 0 Å². The summed E-state index contributed by atoms with van der Waals surface area (Å²) in [5, 5.41) is 8.81. The molecule has 0 atom stereocenters. The second-order valence-corrected chi connectivity index (χ2v) is 4.18. The van der Waals surface area contributed by atoms with Crippen molar-refractivity contribution in [2.75, 3.05) is 5.73 Å². The fourth-order valence-electron chi connectivity index (χ4n) is 1.69. The molecule has 3 nitrogen and oxygen atoms in total. The third-order valence-corrected chi connectivity index (χ3v) is 2.81. The van der Waals surface area contributed by atoms with Gasteiger partial charge in [-0.3, -0.25) is 0 Å². The zero-order valence-corrected chi connectivity index (χ0v) is 10.4. The smallest absolute Gasteiger partial charge is 0.150 e. The van der Waals surface area contributed by atoms with E-state index in [-0.39, 0.29) is 0 Å². The minimum Gasteiger partial charge on any atom is -0.455 e. The molecule has 0 unspecified atom stereocenters. The van der Waals surface area contributed by atoms with Crippen LogP contribution in [-0.2, 0) is 0 Å². The second kappa shape index (κ2) is 4.80. The number of benzene rings is 2. The first kappa shape index (κ1) is 12.0. The van der Waals surface area contributed by atoms with Crippen LogP contribution in [-0.4, -0.2) is 0 Å². The highest BCUT2D eigenvalue weighted by Gasteiger charge is 2.06. The van der Waals surface area contributed by atoms with E-state index in [0.29, 0.717) is 22.7 Å². The summed E-state index contributed by atoms with van der Waals surface area (Å²) in [6, 6.07) is 13.1. The molecule has 0 aliphatic carbocycles. The molecule has 2 aromatic rings. The Morgan fingerprint density at radius 3 is 2.50 bits per heavy atom. The van der Waals surface area contributed by atoms with E-state index >= 15 is 0 Å². The number of nitrogen functional groups attached to an aromatic ring is 1. The molecule has 2 N–H and O–H groups in total. The molecule has 0 radical (unpaired) electrons. The molecular weight excluding hydrogens is 224 g/mol. The lowest BCUT2D eigenvalue weighted by Crippen LogP contribution is -1.95.